The minimum atomic E-state index is -0.591. The highest BCUT2D eigenvalue weighted by Gasteiger charge is 2.36. The van der Waals surface area contributed by atoms with E-state index in [1.54, 1.807) is 13.0 Å². The number of esters is 1. The summed E-state index contributed by atoms with van der Waals surface area (Å²) in [6.07, 6.45) is 1.29. The Bertz CT molecular complexity index is 489. The first-order chi connectivity index (χ1) is 9.15. The average Bonchev–Trinajstić information content (AvgIpc) is 2.88. The number of halogens is 1. The van der Waals surface area contributed by atoms with Gasteiger partial charge in [0.2, 0.25) is 0 Å². The molecule has 0 saturated carbocycles. The Morgan fingerprint density at radius 3 is 2.84 bits per heavy atom. The summed E-state index contributed by atoms with van der Waals surface area (Å²) in [6.45, 7) is 2.45. The molecule has 1 aromatic rings. The molecule has 5 heteroatoms. The standard InChI is InChI=1S/C14H16FNO3/c1-2-19-14(18)12-8-5-9-16(12)13(17)10-6-3-4-7-11(10)15/h3-4,6-7,12H,2,5,8-9H2,1H3. The second-order valence-corrected chi connectivity index (χ2v) is 4.39. The average molecular weight is 265 g/mol. The number of amides is 1. The maximum absolute atomic E-state index is 13.6. The van der Waals surface area contributed by atoms with Crippen LogP contribution in [-0.4, -0.2) is 36.0 Å². The van der Waals surface area contributed by atoms with Crippen molar-refractivity contribution < 1.29 is 18.7 Å². The molecule has 4 nitrogen and oxygen atoms in total. The smallest absolute Gasteiger partial charge is 0.328 e. The van der Waals surface area contributed by atoms with Gasteiger partial charge in [0, 0.05) is 6.54 Å². The number of hydrogen-bond donors (Lipinski definition) is 0. The Morgan fingerprint density at radius 1 is 1.42 bits per heavy atom. The molecule has 0 aromatic heterocycles. The van der Waals surface area contributed by atoms with Crippen LogP contribution in [0, 0.1) is 5.82 Å². The summed E-state index contributed by atoms with van der Waals surface area (Å²) >= 11 is 0. The summed E-state index contributed by atoms with van der Waals surface area (Å²) in [7, 11) is 0. The minimum Gasteiger partial charge on any atom is -0.464 e. The normalized spacial score (nSPS) is 18.4. The molecule has 1 saturated heterocycles. The lowest BCUT2D eigenvalue weighted by atomic mass is 10.1. The maximum Gasteiger partial charge on any atom is 0.328 e. The summed E-state index contributed by atoms with van der Waals surface area (Å²) in [5, 5.41) is 0. The first kappa shape index (κ1) is 13.5. The van der Waals surface area contributed by atoms with Crippen molar-refractivity contribution in [2.45, 2.75) is 25.8 Å². The second-order valence-electron chi connectivity index (χ2n) is 4.39. The first-order valence-corrected chi connectivity index (χ1v) is 6.37. The van der Waals surface area contributed by atoms with Crippen LogP contribution in [0.3, 0.4) is 0 Å². The molecular weight excluding hydrogens is 249 g/mol. The van der Waals surface area contributed by atoms with Crippen LogP contribution in [0.5, 0.6) is 0 Å². The monoisotopic (exact) mass is 265 g/mol. The summed E-state index contributed by atoms with van der Waals surface area (Å²) < 4.78 is 18.6. The number of benzene rings is 1. The summed E-state index contributed by atoms with van der Waals surface area (Å²) in [5.41, 5.74) is -0.00121. The van der Waals surface area contributed by atoms with E-state index in [4.69, 9.17) is 4.74 Å². The van der Waals surface area contributed by atoms with Crippen LogP contribution in [0.15, 0.2) is 24.3 Å². The maximum atomic E-state index is 13.6. The molecule has 1 aromatic carbocycles. The molecule has 1 aliphatic rings. The van der Waals surface area contributed by atoms with Crippen molar-refractivity contribution in [2.24, 2.45) is 0 Å². The molecule has 0 spiro atoms. The number of likely N-dealkylation sites (tertiary alicyclic amines) is 1. The van der Waals surface area contributed by atoms with E-state index in [-0.39, 0.29) is 12.2 Å². The van der Waals surface area contributed by atoms with Crippen LogP contribution in [0.4, 0.5) is 4.39 Å². The van der Waals surface area contributed by atoms with Gasteiger partial charge in [-0.15, -0.1) is 0 Å². The molecule has 1 amide bonds. The molecule has 0 radical (unpaired) electrons. The highest BCUT2D eigenvalue weighted by molar-refractivity contribution is 5.97. The largest absolute Gasteiger partial charge is 0.464 e. The molecule has 1 heterocycles. The van der Waals surface area contributed by atoms with Gasteiger partial charge in [-0.2, -0.15) is 0 Å². The molecule has 1 atom stereocenters. The number of carbonyl (C=O) groups is 2. The van der Waals surface area contributed by atoms with Gasteiger partial charge in [-0.3, -0.25) is 4.79 Å². The molecular formula is C14H16FNO3. The molecule has 1 fully saturated rings. The van der Waals surface area contributed by atoms with E-state index in [9.17, 15) is 14.0 Å². The van der Waals surface area contributed by atoms with Crippen molar-refractivity contribution >= 4 is 11.9 Å². The molecule has 0 bridgehead atoms. The Hall–Kier alpha value is -1.91. The second kappa shape index (κ2) is 5.82. The van der Waals surface area contributed by atoms with Crippen LogP contribution >= 0.6 is 0 Å². The third-order valence-electron chi connectivity index (χ3n) is 3.18. The van der Waals surface area contributed by atoms with Gasteiger partial charge in [-0.05, 0) is 31.9 Å². The Kier molecular flexibility index (Phi) is 4.14. The fourth-order valence-corrected chi connectivity index (χ4v) is 2.28. The van der Waals surface area contributed by atoms with Crippen LogP contribution in [0.25, 0.3) is 0 Å². The topological polar surface area (TPSA) is 46.6 Å². The van der Waals surface area contributed by atoms with Crippen molar-refractivity contribution in [1.29, 1.82) is 0 Å². The Morgan fingerprint density at radius 2 is 2.16 bits per heavy atom. The van der Waals surface area contributed by atoms with Crippen LogP contribution in [0.2, 0.25) is 0 Å². The summed E-state index contributed by atoms with van der Waals surface area (Å²) in [6, 6.07) is 5.21. The van der Waals surface area contributed by atoms with Gasteiger partial charge in [-0.25, -0.2) is 9.18 Å². The molecule has 1 unspecified atom stereocenters. The minimum absolute atomic E-state index is 0.00121. The molecule has 0 N–H and O–H groups in total. The number of ether oxygens (including phenoxy) is 1. The van der Waals surface area contributed by atoms with Gasteiger partial charge < -0.3 is 9.64 Å². The van der Waals surface area contributed by atoms with Crippen LogP contribution in [-0.2, 0) is 9.53 Å². The predicted octanol–water partition coefficient (Wildman–Crippen LogP) is 1.99. The van der Waals surface area contributed by atoms with E-state index in [2.05, 4.69) is 0 Å². The number of rotatable bonds is 3. The quantitative estimate of drug-likeness (QED) is 0.785. The van der Waals surface area contributed by atoms with Crippen LogP contribution in [0.1, 0.15) is 30.1 Å². The third-order valence-corrected chi connectivity index (χ3v) is 3.18. The predicted molar refractivity (Wildman–Crippen MR) is 67.1 cm³/mol. The Balaban J connectivity index is 2.19. The zero-order chi connectivity index (χ0) is 13.8. The molecule has 102 valence electrons. The lowest BCUT2D eigenvalue weighted by Gasteiger charge is -2.23. The van der Waals surface area contributed by atoms with Gasteiger partial charge in [-0.1, -0.05) is 12.1 Å². The summed E-state index contributed by atoms with van der Waals surface area (Å²) in [5.74, 6) is -1.43. The van der Waals surface area contributed by atoms with Crippen molar-refractivity contribution in [3.63, 3.8) is 0 Å². The lowest BCUT2D eigenvalue weighted by Crippen LogP contribution is -2.41. The fraction of sp³-hybridized carbons (Fsp3) is 0.429. The molecule has 19 heavy (non-hydrogen) atoms. The highest BCUT2D eigenvalue weighted by atomic mass is 19.1. The van der Waals surface area contributed by atoms with E-state index < -0.39 is 23.7 Å². The van der Waals surface area contributed by atoms with E-state index in [1.165, 1.54) is 23.1 Å². The van der Waals surface area contributed by atoms with Crippen molar-refractivity contribution in [3.8, 4) is 0 Å². The third kappa shape index (κ3) is 2.75. The van der Waals surface area contributed by atoms with E-state index in [0.717, 1.165) is 6.42 Å². The van der Waals surface area contributed by atoms with Gasteiger partial charge in [0.1, 0.15) is 11.9 Å². The summed E-state index contributed by atoms with van der Waals surface area (Å²) in [4.78, 5) is 25.4. The molecule has 2 rings (SSSR count). The first-order valence-electron chi connectivity index (χ1n) is 6.37. The zero-order valence-corrected chi connectivity index (χ0v) is 10.8. The van der Waals surface area contributed by atoms with Gasteiger partial charge in [0.25, 0.3) is 5.91 Å². The Labute approximate surface area is 111 Å². The van der Waals surface area contributed by atoms with E-state index in [1.807, 2.05) is 0 Å². The van der Waals surface area contributed by atoms with Crippen LogP contribution < -0.4 is 0 Å². The van der Waals surface area contributed by atoms with E-state index in [0.29, 0.717) is 13.0 Å². The van der Waals surface area contributed by atoms with Gasteiger partial charge >= 0.3 is 5.97 Å². The van der Waals surface area contributed by atoms with Crippen molar-refractivity contribution in [3.05, 3.63) is 35.6 Å². The zero-order valence-electron chi connectivity index (χ0n) is 10.8. The van der Waals surface area contributed by atoms with E-state index >= 15 is 0 Å². The number of carbonyl (C=O) groups excluding carboxylic acids is 2. The SMILES string of the molecule is CCOC(=O)C1CCCN1C(=O)c1ccccc1F. The molecule has 0 aliphatic carbocycles. The number of nitrogens with zero attached hydrogens (tertiary/aromatic N) is 1. The number of hydrogen-bond acceptors (Lipinski definition) is 3. The van der Waals surface area contributed by atoms with Crippen molar-refractivity contribution in [2.75, 3.05) is 13.2 Å². The lowest BCUT2D eigenvalue weighted by molar-refractivity contribution is -0.147. The highest BCUT2D eigenvalue weighted by Crippen LogP contribution is 2.22. The van der Waals surface area contributed by atoms with Gasteiger partial charge in [0.05, 0.1) is 12.2 Å². The van der Waals surface area contributed by atoms with Gasteiger partial charge in [0.15, 0.2) is 0 Å². The van der Waals surface area contributed by atoms with Crippen molar-refractivity contribution in [1.82, 2.24) is 4.90 Å². The fourth-order valence-electron chi connectivity index (χ4n) is 2.28. The molecule has 1 aliphatic heterocycles.